The second-order valence-electron chi connectivity index (χ2n) is 6.51. The number of hydrogen-bond donors (Lipinski definition) is 1. The number of rotatable bonds is 3. The van der Waals surface area contributed by atoms with Crippen molar-refractivity contribution in [2.45, 2.75) is 31.7 Å². The van der Waals surface area contributed by atoms with Crippen molar-refractivity contribution >= 4 is 11.8 Å². The highest BCUT2D eigenvalue weighted by atomic mass is 15.2. The van der Waals surface area contributed by atoms with Crippen LogP contribution in [0.5, 0.6) is 0 Å². The third-order valence-corrected chi connectivity index (χ3v) is 4.18. The summed E-state index contributed by atoms with van der Waals surface area (Å²) in [4.78, 5) is 10.9. The largest absolute Gasteiger partial charge is 0.363 e. The molecule has 0 amide bonds. The van der Waals surface area contributed by atoms with E-state index >= 15 is 0 Å². The first kappa shape index (κ1) is 13.9. The lowest BCUT2D eigenvalue weighted by Crippen LogP contribution is -2.16. The first-order valence-electron chi connectivity index (χ1n) is 7.34. The van der Waals surface area contributed by atoms with E-state index in [0.29, 0.717) is 5.95 Å². The molecule has 1 aromatic heterocycles. The Morgan fingerprint density at radius 3 is 2.71 bits per heavy atom. The Hall–Kier alpha value is -2.10. The van der Waals surface area contributed by atoms with Gasteiger partial charge in [0.2, 0.25) is 5.95 Å². The average Bonchev–Trinajstić information content (AvgIpc) is 2.71. The fraction of sp³-hybridized carbons (Fsp3) is 0.412. The van der Waals surface area contributed by atoms with Crippen molar-refractivity contribution in [3.8, 4) is 0 Å². The molecule has 0 saturated heterocycles. The monoisotopic (exact) mass is 282 g/mol. The van der Waals surface area contributed by atoms with Gasteiger partial charge in [0.1, 0.15) is 5.82 Å². The summed E-state index contributed by atoms with van der Waals surface area (Å²) in [6.45, 7) is 4.59. The predicted molar refractivity (Wildman–Crippen MR) is 86.8 cm³/mol. The van der Waals surface area contributed by atoms with Crippen LogP contribution in [0.3, 0.4) is 0 Å². The van der Waals surface area contributed by atoms with Crippen molar-refractivity contribution in [2.75, 3.05) is 24.3 Å². The van der Waals surface area contributed by atoms with E-state index in [0.717, 1.165) is 12.2 Å². The van der Waals surface area contributed by atoms with Crippen LogP contribution in [0, 0.1) is 0 Å². The standard InChI is InChI=1S/C17H22N4/c1-17(2)11-14(12-7-5-6-8-13(12)17)19-16-18-10-9-15(20-16)21(3)4/h5-10,14H,11H2,1-4H3,(H,18,19,20). The van der Waals surface area contributed by atoms with Gasteiger partial charge in [-0.2, -0.15) is 4.98 Å². The Morgan fingerprint density at radius 2 is 1.95 bits per heavy atom. The van der Waals surface area contributed by atoms with Crippen LogP contribution in [0.15, 0.2) is 36.5 Å². The Balaban J connectivity index is 1.88. The average molecular weight is 282 g/mol. The van der Waals surface area contributed by atoms with Gasteiger partial charge in [-0.05, 0) is 29.0 Å². The molecular formula is C17H22N4. The van der Waals surface area contributed by atoms with Crippen molar-refractivity contribution in [1.82, 2.24) is 9.97 Å². The summed E-state index contributed by atoms with van der Waals surface area (Å²) in [7, 11) is 3.97. The van der Waals surface area contributed by atoms with Crippen LogP contribution in [-0.2, 0) is 5.41 Å². The van der Waals surface area contributed by atoms with Crippen molar-refractivity contribution in [3.63, 3.8) is 0 Å². The second-order valence-corrected chi connectivity index (χ2v) is 6.51. The summed E-state index contributed by atoms with van der Waals surface area (Å²) >= 11 is 0. The Labute approximate surface area is 126 Å². The number of nitrogens with zero attached hydrogens (tertiary/aromatic N) is 3. The van der Waals surface area contributed by atoms with Crippen LogP contribution >= 0.6 is 0 Å². The zero-order valence-corrected chi connectivity index (χ0v) is 13.1. The Morgan fingerprint density at radius 1 is 1.19 bits per heavy atom. The summed E-state index contributed by atoms with van der Waals surface area (Å²) in [5.41, 5.74) is 2.97. The molecule has 1 aliphatic carbocycles. The quantitative estimate of drug-likeness (QED) is 0.937. The molecule has 21 heavy (non-hydrogen) atoms. The number of fused-ring (bicyclic) bond motifs is 1. The zero-order chi connectivity index (χ0) is 15.0. The molecule has 0 spiro atoms. The van der Waals surface area contributed by atoms with Gasteiger partial charge in [-0.15, -0.1) is 0 Å². The molecule has 4 nitrogen and oxygen atoms in total. The highest BCUT2D eigenvalue weighted by Gasteiger charge is 2.36. The van der Waals surface area contributed by atoms with Crippen LogP contribution in [0.25, 0.3) is 0 Å². The van der Waals surface area contributed by atoms with E-state index in [4.69, 9.17) is 0 Å². The van der Waals surface area contributed by atoms with Crippen molar-refractivity contribution in [2.24, 2.45) is 0 Å². The van der Waals surface area contributed by atoms with Gasteiger partial charge >= 0.3 is 0 Å². The summed E-state index contributed by atoms with van der Waals surface area (Å²) in [6, 6.07) is 10.8. The topological polar surface area (TPSA) is 41.1 Å². The highest BCUT2D eigenvalue weighted by molar-refractivity contribution is 5.47. The molecule has 4 heteroatoms. The lowest BCUT2D eigenvalue weighted by atomic mass is 9.86. The first-order chi connectivity index (χ1) is 9.97. The van der Waals surface area contributed by atoms with Crippen LogP contribution < -0.4 is 10.2 Å². The van der Waals surface area contributed by atoms with Gasteiger partial charge < -0.3 is 10.2 Å². The molecule has 1 N–H and O–H groups in total. The lowest BCUT2D eigenvalue weighted by molar-refractivity contribution is 0.492. The molecule has 3 rings (SSSR count). The van der Waals surface area contributed by atoms with Crippen molar-refractivity contribution < 1.29 is 0 Å². The van der Waals surface area contributed by atoms with Crippen molar-refractivity contribution in [1.29, 1.82) is 0 Å². The van der Waals surface area contributed by atoms with E-state index in [1.165, 1.54) is 11.1 Å². The van der Waals surface area contributed by atoms with Gasteiger partial charge in [0.15, 0.2) is 0 Å². The SMILES string of the molecule is CN(C)c1ccnc(NC2CC(C)(C)c3ccccc32)n1. The molecule has 1 aliphatic rings. The highest BCUT2D eigenvalue weighted by Crippen LogP contribution is 2.45. The molecule has 2 aromatic rings. The Bertz CT molecular complexity index is 649. The van der Waals surface area contributed by atoms with E-state index in [1.807, 2.05) is 25.1 Å². The number of benzene rings is 1. The zero-order valence-electron chi connectivity index (χ0n) is 13.1. The normalized spacial score (nSPS) is 19.1. The van der Waals surface area contributed by atoms with Crippen LogP contribution in [-0.4, -0.2) is 24.1 Å². The molecule has 1 heterocycles. The van der Waals surface area contributed by atoms with Crippen LogP contribution in [0.2, 0.25) is 0 Å². The minimum absolute atomic E-state index is 0.188. The predicted octanol–water partition coefficient (Wildman–Crippen LogP) is 3.38. The first-order valence-corrected chi connectivity index (χ1v) is 7.34. The van der Waals surface area contributed by atoms with E-state index < -0.39 is 0 Å². The maximum atomic E-state index is 4.56. The van der Waals surface area contributed by atoms with E-state index in [-0.39, 0.29) is 11.5 Å². The van der Waals surface area contributed by atoms with Gasteiger partial charge in [-0.3, -0.25) is 0 Å². The minimum atomic E-state index is 0.188. The number of aromatic nitrogens is 2. The number of hydrogen-bond acceptors (Lipinski definition) is 4. The fourth-order valence-corrected chi connectivity index (χ4v) is 3.10. The number of nitrogens with one attached hydrogen (secondary N) is 1. The molecule has 0 saturated carbocycles. The fourth-order valence-electron chi connectivity index (χ4n) is 3.10. The third kappa shape index (κ3) is 2.58. The van der Waals surface area contributed by atoms with Crippen LogP contribution in [0.4, 0.5) is 11.8 Å². The molecular weight excluding hydrogens is 260 g/mol. The van der Waals surface area contributed by atoms with Gasteiger partial charge in [0.25, 0.3) is 0 Å². The molecule has 1 aromatic carbocycles. The molecule has 0 radical (unpaired) electrons. The molecule has 0 fully saturated rings. The molecule has 0 bridgehead atoms. The van der Waals surface area contributed by atoms with Crippen molar-refractivity contribution in [3.05, 3.63) is 47.7 Å². The summed E-state index contributed by atoms with van der Waals surface area (Å²) in [5, 5.41) is 3.50. The summed E-state index contributed by atoms with van der Waals surface area (Å²) in [5.74, 6) is 1.61. The van der Waals surface area contributed by atoms with E-state index in [2.05, 4.69) is 53.4 Å². The van der Waals surface area contributed by atoms with Gasteiger partial charge in [-0.25, -0.2) is 4.98 Å². The molecule has 110 valence electrons. The molecule has 0 aliphatic heterocycles. The second kappa shape index (κ2) is 5.02. The maximum absolute atomic E-state index is 4.56. The van der Waals surface area contributed by atoms with E-state index in [9.17, 15) is 0 Å². The maximum Gasteiger partial charge on any atom is 0.225 e. The summed E-state index contributed by atoms with van der Waals surface area (Å²) in [6.07, 6.45) is 2.86. The number of anilines is 2. The molecule has 1 atom stereocenters. The van der Waals surface area contributed by atoms with Gasteiger partial charge in [0.05, 0.1) is 6.04 Å². The smallest absolute Gasteiger partial charge is 0.225 e. The lowest BCUT2D eigenvalue weighted by Gasteiger charge is -2.20. The van der Waals surface area contributed by atoms with Gasteiger partial charge in [-0.1, -0.05) is 38.1 Å². The summed E-state index contributed by atoms with van der Waals surface area (Å²) < 4.78 is 0. The third-order valence-electron chi connectivity index (χ3n) is 4.18. The van der Waals surface area contributed by atoms with E-state index in [1.54, 1.807) is 6.20 Å². The van der Waals surface area contributed by atoms with Crippen LogP contribution in [0.1, 0.15) is 37.4 Å². The van der Waals surface area contributed by atoms with Gasteiger partial charge in [0, 0.05) is 20.3 Å². The Kier molecular flexibility index (Phi) is 3.32. The minimum Gasteiger partial charge on any atom is -0.363 e. The molecule has 1 unspecified atom stereocenters.